The first kappa shape index (κ1) is 36.5. The molecule has 1 unspecified atom stereocenters. The van der Waals surface area contributed by atoms with E-state index in [1.807, 2.05) is 23.6 Å². The van der Waals surface area contributed by atoms with Gasteiger partial charge in [0.05, 0.1) is 6.61 Å². The molecule has 0 aromatic carbocycles. The molecule has 8 nitrogen and oxygen atoms in total. The van der Waals surface area contributed by atoms with Crippen molar-refractivity contribution in [3.05, 3.63) is 0 Å². The molecule has 2 rings (SSSR count). The van der Waals surface area contributed by atoms with E-state index in [1.54, 1.807) is 13.8 Å². The Bertz CT molecular complexity index is 792. The molecule has 244 valence electrons. The van der Waals surface area contributed by atoms with Gasteiger partial charge in [0.1, 0.15) is 6.10 Å². The van der Waals surface area contributed by atoms with Crippen LogP contribution in [0.5, 0.6) is 0 Å². The summed E-state index contributed by atoms with van der Waals surface area (Å²) in [7, 11) is 0. The minimum Gasteiger partial charge on any atom is -0.353 e. The van der Waals surface area contributed by atoms with E-state index < -0.39 is 17.3 Å². The van der Waals surface area contributed by atoms with Gasteiger partial charge in [-0.3, -0.25) is 14.4 Å². The van der Waals surface area contributed by atoms with Crippen molar-refractivity contribution in [1.82, 2.24) is 15.1 Å². The molecule has 0 aliphatic carbocycles. The van der Waals surface area contributed by atoms with E-state index in [0.717, 1.165) is 12.8 Å². The van der Waals surface area contributed by atoms with Crippen molar-refractivity contribution in [3.63, 3.8) is 0 Å². The molecule has 2 aliphatic rings. The normalized spacial score (nSPS) is 20.0. The van der Waals surface area contributed by atoms with E-state index in [-0.39, 0.29) is 30.7 Å². The van der Waals surface area contributed by atoms with Crippen molar-refractivity contribution in [2.24, 2.45) is 5.41 Å². The van der Waals surface area contributed by atoms with Crippen molar-refractivity contribution >= 4 is 17.7 Å². The van der Waals surface area contributed by atoms with E-state index >= 15 is 0 Å². The molecule has 8 heteroatoms. The number of piperazine rings is 1. The van der Waals surface area contributed by atoms with Crippen LogP contribution in [0.2, 0.25) is 0 Å². The highest BCUT2D eigenvalue weighted by Gasteiger charge is 2.45. The summed E-state index contributed by atoms with van der Waals surface area (Å²) in [6, 6.07) is 0. The van der Waals surface area contributed by atoms with Crippen LogP contribution in [0, 0.1) is 5.41 Å². The third-order valence-corrected chi connectivity index (χ3v) is 8.76. The molecule has 2 heterocycles. The maximum absolute atomic E-state index is 12.8. The fourth-order valence-electron chi connectivity index (χ4n) is 5.88. The van der Waals surface area contributed by atoms with Crippen molar-refractivity contribution in [2.75, 3.05) is 39.3 Å². The van der Waals surface area contributed by atoms with Gasteiger partial charge < -0.3 is 24.6 Å². The van der Waals surface area contributed by atoms with Gasteiger partial charge in [-0.1, -0.05) is 111 Å². The van der Waals surface area contributed by atoms with Crippen molar-refractivity contribution in [2.45, 2.75) is 156 Å². The van der Waals surface area contributed by atoms with Gasteiger partial charge in [0.15, 0.2) is 5.79 Å². The zero-order valence-corrected chi connectivity index (χ0v) is 27.8. The molecule has 2 aliphatic heterocycles. The Morgan fingerprint density at radius 2 is 1.10 bits per heavy atom. The van der Waals surface area contributed by atoms with Gasteiger partial charge in [-0.2, -0.15) is 0 Å². The fourth-order valence-corrected chi connectivity index (χ4v) is 5.88. The molecule has 0 aromatic rings. The first-order valence-corrected chi connectivity index (χ1v) is 17.2. The number of rotatable bonds is 20. The molecule has 2 saturated heterocycles. The molecule has 0 bridgehead atoms. The predicted octanol–water partition coefficient (Wildman–Crippen LogP) is 6.60. The van der Waals surface area contributed by atoms with E-state index in [2.05, 4.69) is 12.2 Å². The smallest absolute Gasteiger partial charge is 0.249 e. The van der Waals surface area contributed by atoms with E-state index in [0.29, 0.717) is 39.2 Å². The second-order valence-electron chi connectivity index (χ2n) is 13.7. The Kier molecular flexibility index (Phi) is 17.0. The number of nitrogens with zero attached hydrogens (tertiary/aromatic N) is 2. The van der Waals surface area contributed by atoms with Gasteiger partial charge in [0.2, 0.25) is 17.7 Å². The lowest BCUT2D eigenvalue weighted by Crippen LogP contribution is -2.56. The SMILES string of the molecule is CCCCCCCCCCCCCCCCCC(=O)N1CCN(C(=O)CCNC(=O)C2OC(C)(C)OCC2(C)C)CC1. The number of nitrogens with one attached hydrogen (secondary N) is 1. The van der Waals surface area contributed by atoms with Gasteiger partial charge in [0.25, 0.3) is 0 Å². The zero-order chi connectivity index (χ0) is 30.8. The Hall–Kier alpha value is -1.67. The molecule has 0 aromatic heterocycles. The van der Waals surface area contributed by atoms with Gasteiger partial charge in [0, 0.05) is 51.0 Å². The van der Waals surface area contributed by atoms with Gasteiger partial charge in [-0.15, -0.1) is 0 Å². The number of hydrogen-bond donors (Lipinski definition) is 1. The van der Waals surface area contributed by atoms with Gasteiger partial charge in [-0.25, -0.2) is 0 Å². The number of carbonyl (C=O) groups excluding carboxylic acids is 3. The summed E-state index contributed by atoms with van der Waals surface area (Å²) in [5.41, 5.74) is -0.446. The molecule has 0 saturated carbocycles. The lowest BCUT2D eigenvalue weighted by Gasteiger charge is -2.44. The van der Waals surface area contributed by atoms with E-state index in [4.69, 9.17) is 9.47 Å². The molecule has 2 fully saturated rings. The molecule has 0 spiro atoms. The molecule has 1 atom stereocenters. The van der Waals surface area contributed by atoms with Crippen LogP contribution in [0.15, 0.2) is 0 Å². The highest BCUT2D eigenvalue weighted by Crippen LogP contribution is 2.34. The Morgan fingerprint density at radius 3 is 1.57 bits per heavy atom. The highest BCUT2D eigenvalue weighted by molar-refractivity contribution is 5.83. The number of carbonyl (C=O) groups is 3. The average Bonchev–Trinajstić information content (AvgIpc) is 2.96. The van der Waals surface area contributed by atoms with Crippen LogP contribution in [0.1, 0.15) is 144 Å². The second-order valence-corrected chi connectivity index (χ2v) is 13.7. The second kappa shape index (κ2) is 19.6. The van der Waals surface area contributed by atoms with Crippen LogP contribution in [-0.4, -0.2) is 78.7 Å². The quantitative estimate of drug-likeness (QED) is 0.161. The van der Waals surface area contributed by atoms with Gasteiger partial charge in [-0.05, 0) is 20.3 Å². The average molecular weight is 594 g/mol. The molecule has 0 radical (unpaired) electrons. The van der Waals surface area contributed by atoms with Crippen LogP contribution in [0.4, 0.5) is 0 Å². The minimum atomic E-state index is -0.809. The number of unbranched alkanes of at least 4 members (excludes halogenated alkanes) is 14. The van der Waals surface area contributed by atoms with Crippen LogP contribution in [-0.2, 0) is 23.9 Å². The molecular formula is C34H63N3O5. The zero-order valence-electron chi connectivity index (χ0n) is 27.8. The summed E-state index contributed by atoms with van der Waals surface area (Å²) in [5.74, 6) is -0.793. The fraction of sp³-hybridized carbons (Fsp3) is 0.912. The molecule has 1 N–H and O–H groups in total. The van der Waals surface area contributed by atoms with Gasteiger partial charge >= 0.3 is 0 Å². The van der Waals surface area contributed by atoms with Crippen LogP contribution >= 0.6 is 0 Å². The first-order chi connectivity index (χ1) is 20.1. The van der Waals surface area contributed by atoms with Crippen molar-refractivity contribution < 1.29 is 23.9 Å². The lowest BCUT2D eigenvalue weighted by atomic mass is 9.85. The van der Waals surface area contributed by atoms with E-state index in [9.17, 15) is 14.4 Å². The number of amides is 3. The third-order valence-electron chi connectivity index (χ3n) is 8.76. The summed E-state index contributed by atoms with van der Waals surface area (Å²) < 4.78 is 11.6. The van der Waals surface area contributed by atoms with Crippen molar-refractivity contribution in [1.29, 1.82) is 0 Å². The maximum atomic E-state index is 12.8. The first-order valence-electron chi connectivity index (χ1n) is 17.2. The largest absolute Gasteiger partial charge is 0.353 e. The summed E-state index contributed by atoms with van der Waals surface area (Å²) in [6.07, 6.45) is 20.0. The summed E-state index contributed by atoms with van der Waals surface area (Å²) >= 11 is 0. The predicted molar refractivity (Wildman–Crippen MR) is 169 cm³/mol. The highest BCUT2D eigenvalue weighted by atomic mass is 16.7. The standard InChI is InChI=1S/C34H63N3O5/c1-6-7-8-9-10-11-12-13-14-15-16-17-18-19-20-21-29(38)36-24-26-37(27-25-36)30(39)22-23-35-32(40)31-33(2,3)28-41-34(4,5)42-31/h31H,6-28H2,1-5H3,(H,35,40). The summed E-state index contributed by atoms with van der Waals surface area (Å²) in [6.45, 7) is 12.8. The number of ether oxygens (including phenoxy) is 2. The minimum absolute atomic E-state index is 0.0114. The maximum Gasteiger partial charge on any atom is 0.249 e. The summed E-state index contributed by atoms with van der Waals surface area (Å²) in [4.78, 5) is 41.8. The summed E-state index contributed by atoms with van der Waals surface area (Å²) in [5, 5.41) is 2.87. The van der Waals surface area contributed by atoms with Crippen molar-refractivity contribution in [3.8, 4) is 0 Å². The Labute approximate surface area is 257 Å². The van der Waals surface area contributed by atoms with Crippen LogP contribution in [0.3, 0.4) is 0 Å². The lowest BCUT2D eigenvalue weighted by molar-refractivity contribution is -0.304. The Morgan fingerprint density at radius 1 is 0.667 bits per heavy atom. The molecular weight excluding hydrogens is 530 g/mol. The Balaban J connectivity index is 1.46. The van der Waals surface area contributed by atoms with E-state index in [1.165, 1.54) is 83.5 Å². The molecule has 42 heavy (non-hydrogen) atoms. The monoisotopic (exact) mass is 593 g/mol. The van der Waals surface area contributed by atoms with Crippen LogP contribution in [0.25, 0.3) is 0 Å². The van der Waals surface area contributed by atoms with Crippen LogP contribution < -0.4 is 5.32 Å². The topological polar surface area (TPSA) is 88.2 Å². The number of hydrogen-bond acceptors (Lipinski definition) is 5. The third kappa shape index (κ3) is 14.2. The molecule has 3 amide bonds.